The number of nitrogens with zero attached hydrogens (tertiary/aromatic N) is 4. The van der Waals surface area contributed by atoms with Gasteiger partial charge in [-0.1, -0.05) is 48.9 Å². The third-order valence-electron chi connectivity index (χ3n) is 5.81. The number of benzene rings is 2. The number of para-hydroxylation sites is 1. The van der Waals surface area contributed by atoms with Crippen LogP contribution in [-0.2, 0) is 0 Å². The second kappa shape index (κ2) is 8.66. The number of aromatic nitrogens is 2. The highest BCUT2D eigenvalue weighted by Gasteiger charge is 2.26. The minimum Gasteiger partial charge on any atom is -0.338 e. The average molecular weight is 401 g/mol. The van der Waals surface area contributed by atoms with Crippen LogP contribution < -0.4 is 4.90 Å². The molecule has 5 nitrogen and oxygen atoms in total. The van der Waals surface area contributed by atoms with Gasteiger partial charge in [0.25, 0.3) is 5.91 Å². The van der Waals surface area contributed by atoms with Crippen LogP contribution in [0.25, 0.3) is 11.4 Å². The summed E-state index contributed by atoms with van der Waals surface area (Å²) in [6, 6.07) is 18.1. The number of hydrogen-bond acceptors (Lipinski definition) is 4. The van der Waals surface area contributed by atoms with Gasteiger partial charge in [-0.2, -0.15) is 0 Å². The zero-order chi connectivity index (χ0) is 21.1. The second-order valence-electron chi connectivity index (χ2n) is 8.17. The van der Waals surface area contributed by atoms with Gasteiger partial charge >= 0.3 is 0 Å². The maximum absolute atomic E-state index is 13.4. The summed E-state index contributed by atoms with van der Waals surface area (Å²) in [5.74, 6) is 1.94. The zero-order valence-electron chi connectivity index (χ0n) is 17.9. The lowest BCUT2D eigenvalue weighted by Gasteiger charge is -2.31. The van der Waals surface area contributed by atoms with Crippen molar-refractivity contribution in [1.29, 1.82) is 0 Å². The van der Waals surface area contributed by atoms with E-state index in [4.69, 9.17) is 4.98 Å². The second-order valence-corrected chi connectivity index (χ2v) is 8.17. The van der Waals surface area contributed by atoms with E-state index in [9.17, 15) is 4.79 Å². The third kappa shape index (κ3) is 4.20. The van der Waals surface area contributed by atoms with E-state index in [2.05, 4.69) is 31.0 Å². The molecule has 0 radical (unpaired) electrons. The molecule has 5 heteroatoms. The van der Waals surface area contributed by atoms with Gasteiger partial charge in [0, 0.05) is 37.6 Å². The van der Waals surface area contributed by atoms with Crippen LogP contribution >= 0.6 is 0 Å². The van der Waals surface area contributed by atoms with Crippen LogP contribution in [0.4, 0.5) is 11.5 Å². The number of anilines is 2. The number of rotatable bonds is 4. The van der Waals surface area contributed by atoms with Gasteiger partial charge in [-0.3, -0.25) is 4.79 Å². The largest absolute Gasteiger partial charge is 0.338 e. The Morgan fingerprint density at radius 3 is 2.50 bits per heavy atom. The molecule has 3 aromatic rings. The molecule has 154 valence electrons. The lowest BCUT2D eigenvalue weighted by Crippen LogP contribution is -2.38. The lowest BCUT2D eigenvalue weighted by atomic mass is 9.99. The average Bonchev–Trinajstić information content (AvgIpc) is 2.79. The van der Waals surface area contributed by atoms with E-state index in [1.54, 1.807) is 6.20 Å². The van der Waals surface area contributed by atoms with Crippen LogP contribution in [0, 0.1) is 12.8 Å². The van der Waals surface area contributed by atoms with Gasteiger partial charge in [-0.05, 0) is 43.9 Å². The number of carbonyl (C=O) groups excluding carboxylic acids is 1. The summed E-state index contributed by atoms with van der Waals surface area (Å²) >= 11 is 0. The Hall–Kier alpha value is -3.21. The molecule has 1 amide bonds. The van der Waals surface area contributed by atoms with Crippen molar-refractivity contribution in [3.05, 3.63) is 71.9 Å². The summed E-state index contributed by atoms with van der Waals surface area (Å²) in [5.41, 5.74) is 3.63. The van der Waals surface area contributed by atoms with Gasteiger partial charge in [0.2, 0.25) is 0 Å². The molecular formula is C25H28N4O. The van der Waals surface area contributed by atoms with Crippen molar-refractivity contribution in [2.45, 2.75) is 26.7 Å². The highest BCUT2D eigenvalue weighted by Crippen LogP contribution is 2.29. The van der Waals surface area contributed by atoms with Crippen LogP contribution in [0.2, 0.25) is 0 Å². The highest BCUT2D eigenvalue weighted by molar-refractivity contribution is 5.99. The monoisotopic (exact) mass is 400 g/mol. The van der Waals surface area contributed by atoms with E-state index in [0.29, 0.717) is 23.1 Å². The number of likely N-dealkylation sites (tertiary alicyclic amines) is 1. The SMILES string of the molecule is Cc1cccc(-c2ncc(C(=O)N3CCC(C)CC3)c(N(C)c3ccccc3)n2)c1. The summed E-state index contributed by atoms with van der Waals surface area (Å²) in [6.07, 6.45) is 3.77. The third-order valence-corrected chi connectivity index (χ3v) is 5.81. The van der Waals surface area contributed by atoms with Gasteiger partial charge in [0.1, 0.15) is 11.4 Å². The van der Waals surface area contributed by atoms with Crippen LogP contribution in [0.1, 0.15) is 35.7 Å². The molecule has 0 spiro atoms. The van der Waals surface area contributed by atoms with E-state index >= 15 is 0 Å². The molecule has 0 atom stereocenters. The molecular weight excluding hydrogens is 372 g/mol. The van der Waals surface area contributed by atoms with Crippen molar-refractivity contribution in [2.75, 3.05) is 25.0 Å². The molecule has 2 aromatic carbocycles. The zero-order valence-corrected chi connectivity index (χ0v) is 17.9. The van der Waals surface area contributed by atoms with Crippen molar-refractivity contribution in [1.82, 2.24) is 14.9 Å². The first-order valence-corrected chi connectivity index (χ1v) is 10.5. The quantitative estimate of drug-likeness (QED) is 0.612. The van der Waals surface area contributed by atoms with Crippen molar-refractivity contribution in [3.8, 4) is 11.4 Å². The molecule has 0 N–H and O–H groups in total. The molecule has 4 rings (SSSR count). The van der Waals surface area contributed by atoms with Crippen molar-refractivity contribution < 1.29 is 4.79 Å². The summed E-state index contributed by atoms with van der Waals surface area (Å²) in [6.45, 7) is 5.87. The van der Waals surface area contributed by atoms with Gasteiger partial charge in [0.05, 0.1) is 0 Å². The Bertz CT molecular complexity index is 1030. The van der Waals surface area contributed by atoms with Crippen molar-refractivity contribution in [2.24, 2.45) is 5.92 Å². The standard InChI is InChI=1S/C25H28N4O/c1-18-12-14-29(15-13-18)25(30)22-17-26-23(20-9-7-8-19(2)16-20)27-24(22)28(3)21-10-5-4-6-11-21/h4-11,16-18H,12-15H2,1-3H3. The predicted molar refractivity (Wildman–Crippen MR) is 121 cm³/mol. The van der Waals surface area contributed by atoms with Gasteiger partial charge in [-0.15, -0.1) is 0 Å². The lowest BCUT2D eigenvalue weighted by molar-refractivity contribution is 0.0697. The van der Waals surface area contributed by atoms with Crippen LogP contribution in [-0.4, -0.2) is 40.9 Å². The molecule has 2 heterocycles. The topological polar surface area (TPSA) is 49.3 Å². The molecule has 0 saturated carbocycles. The Morgan fingerprint density at radius 1 is 1.07 bits per heavy atom. The summed E-state index contributed by atoms with van der Waals surface area (Å²) in [7, 11) is 1.95. The molecule has 1 fully saturated rings. The first-order chi connectivity index (χ1) is 14.5. The fraction of sp³-hybridized carbons (Fsp3) is 0.320. The Balaban J connectivity index is 1.76. The number of amides is 1. The molecule has 1 aliphatic rings. The number of piperidine rings is 1. The fourth-order valence-corrected chi connectivity index (χ4v) is 3.86. The molecule has 30 heavy (non-hydrogen) atoms. The van der Waals surface area contributed by atoms with Crippen molar-refractivity contribution in [3.63, 3.8) is 0 Å². The van der Waals surface area contributed by atoms with Crippen molar-refractivity contribution >= 4 is 17.4 Å². The minimum absolute atomic E-state index is 0.00970. The number of aryl methyl sites for hydroxylation is 1. The molecule has 1 aromatic heterocycles. The smallest absolute Gasteiger partial charge is 0.259 e. The number of hydrogen-bond donors (Lipinski definition) is 0. The van der Waals surface area contributed by atoms with Gasteiger partial charge in [0.15, 0.2) is 5.82 Å². The minimum atomic E-state index is 0.00970. The summed E-state index contributed by atoms with van der Waals surface area (Å²) < 4.78 is 0. The van der Waals surface area contributed by atoms with Crippen LogP contribution in [0.5, 0.6) is 0 Å². The van der Waals surface area contributed by atoms with Crippen LogP contribution in [0.3, 0.4) is 0 Å². The highest BCUT2D eigenvalue weighted by atomic mass is 16.2. The number of carbonyl (C=O) groups is 1. The summed E-state index contributed by atoms with van der Waals surface area (Å²) in [4.78, 5) is 26.7. The molecule has 0 aliphatic carbocycles. The summed E-state index contributed by atoms with van der Waals surface area (Å²) in [5, 5.41) is 0. The normalized spacial score (nSPS) is 14.6. The fourth-order valence-electron chi connectivity index (χ4n) is 3.86. The Kier molecular flexibility index (Phi) is 5.79. The van der Waals surface area contributed by atoms with E-state index in [1.807, 2.05) is 59.3 Å². The van der Waals surface area contributed by atoms with Gasteiger partial charge < -0.3 is 9.80 Å². The molecule has 0 bridgehead atoms. The first kappa shape index (κ1) is 20.1. The van der Waals surface area contributed by atoms with Crippen LogP contribution in [0.15, 0.2) is 60.8 Å². The maximum Gasteiger partial charge on any atom is 0.259 e. The van der Waals surface area contributed by atoms with E-state index in [0.717, 1.165) is 42.7 Å². The Morgan fingerprint density at radius 2 is 1.80 bits per heavy atom. The molecule has 1 saturated heterocycles. The van der Waals surface area contributed by atoms with E-state index in [1.165, 1.54) is 0 Å². The van der Waals surface area contributed by atoms with E-state index < -0.39 is 0 Å². The van der Waals surface area contributed by atoms with E-state index in [-0.39, 0.29) is 5.91 Å². The first-order valence-electron chi connectivity index (χ1n) is 10.5. The molecule has 0 unspecified atom stereocenters. The maximum atomic E-state index is 13.4. The predicted octanol–water partition coefficient (Wildman–Crippen LogP) is 5.09. The Labute approximate surface area is 178 Å². The molecule has 1 aliphatic heterocycles. The van der Waals surface area contributed by atoms with Gasteiger partial charge in [-0.25, -0.2) is 9.97 Å².